The number of fused-ring (bicyclic) bond motifs is 1. The van der Waals surface area contributed by atoms with Crippen molar-refractivity contribution in [2.45, 2.75) is 37.6 Å². The molecule has 1 atom stereocenters. The largest absolute Gasteiger partial charge is 0.481 e. The van der Waals surface area contributed by atoms with Crippen LogP contribution in [0.25, 0.3) is 11.0 Å². The molecule has 1 aliphatic rings. The van der Waals surface area contributed by atoms with Gasteiger partial charge in [0.1, 0.15) is 24.6 Å². The Morgan fingerprint density at radius 3 is 2.59 bits per heavy atom. The molecule has 198 valence electrons. The van der Waals surface area contributed by atoms with Crippen LogP contribution in [0, 0.1) is 5.82 Å². The third kappa shape index (κ3) is 5.14. The van der Waals surface area contributed by atoms with Gasteiger partial charge in [0.25, 0.3) is 0 Å². The Kier molecular flexibility index (Phi) is 7.20. The molecule has 13 heteroatoms. The first-order valence-electron chi connectivity index (χ1n) is 11.4. The van der Waals surface area contributed by atoms with Crippen molar-refractivity contribution in [3.8, 4) is 5.88 Å². The average Bonchev–Trinajstić information content (AvgIpc) is 2.87. The van der Waals surface area contributed by atoms with Crippen LogP contribution in [0.3, 0.4) is 0 Å². The van der Waals surface area contributed by atoms with Gasteiger partial charge in [-0.1, -0.05) is 12.1 Å². The normalized spacial score (nSPS) is 16.5. The van der Waals surface area contributed by atoms with E-state index in [4.69, 9.17) is 9.84 Å². The van der Waals surface area contributed by atoms with Gasteiger partial charge in [-0.2, -0.15) is 18.2 Å². The van der Waals surface area contributed by atoms with Crippen LogP contribution in [0.2, 0.25) is 0 Å². The summed E-state index contributed by atoms with van der Waals surface area (Å²) in [6.07, 6.45) is -3.36. The Balaban J connectivity index is 1.70. The topological polar surface area (TPSA) is 121 Å². The molecule has 1 aliphatic heterocycles. The highest BCUT2D eigenvalue weighted by atomic mass is 19.4. The van der Waals surface area contributed by atoms with Crippen LogP contribution in [0.15, 0.2) is 30.6 Å². The number of rotatable bonds is 6. The fourth-order valence-electron chi connectivity index (χ4n) is 4.46. The molecule has 2 aromatic heterocycles. The number of benzene rings is 1. The summed E-state index contributed by atoms with van der Waals surface area (Å²) in [7, 11) is 1.38. The molecule has 0 unspecified atom stereocenters. The summed E-state index contributed by atoms with van der Waals surface area (Å²) in [6.45, 7) is 1.25. The van der Waals surface area contributed by atoms with E-state index in [2.05, 4.69) is 20.3 Å². The van der Waals surface area contributed by atoms with Gasteiger partial charge in [-0.05, 0) is 31.9 Å². The van der Waals surface area contributed by atoms with E-state index in [9.17, 15) is 27.5 Å². The van der Waals surface area contributed by atoms with E-state index in [-0.39, 0.29) is 48.8 Å². The quantitative estimate of drug-likeness (QED) is 0.422. The van der Waals surface area contributed by atoms with Crippen molar-refractivity contribution >= 4 is 22.8 Å². The van der Waals surface area contributed by atoms with Crippen LogP contribution in [0.5, 0.6) is 5.88 Å². The summed E-state index contributed by atoms with van der Waals surface area (Å²) in [4.78, 5) is 25.9. The molecule has 0 aliphatic carbocycles. The van der Waals surface area contributed by atoms with Gasteiger partial charge in [0.15, 0.2) is 5.65 Å². The van der Waals surface area contributed by atoms with Gasteiger partial charge in [0.2, 0.25) is 11.8 Å². The van der Waals surface area contributed by atoms with E-state index >= 15 is 0 Å². The molecule has 0 bridgehead atoms. The van der Waals surface area contributed by atoms with E-state index in [1.165, 1.54) is 31.3 Å². The zero-order chi connectivity index (χ0) is 27.0. The molecule has 0 spiro atoms. The van der Waals surface area contributed by atoms with Gasteiger partial charge < -0.3 is 25.2 Å². The SMILES string of the molecule is COc1nc2ncnc(N[C@H](C)c3cccc(C(F)(F)F)c3F)c2cc1C1(O)CCN(C(=O)CO)CC1. The number of hydrogen-bond donors (Lipinski definition) is 3. The molecule has 3 aromatic rings. The first-order chi connectivity index (χ1) is 17.5. The number of pyridine rings is 1. The molecule has 37 heavy (non-hydrogen) atoms. The minimum absolute atomic E-state index is 0.110. The van der Waals surface area contributed by atoms with E-state index in [1.807, 2.05) is 0 Å². The van der Waals surface area contributed by atoms with E-state index < -0.39 is 41.7 Å². The lowest BCUT2D eigenvalue weighted by Crippen LogP contribution is -2.46. The zero-order valence-electron chi connectivity index (χ0n) is 20.0. The number of piperidine rings is 1. The Bertz CT molecular complexity index is 1310. The molecular formula is C24H25F4N5O4. The summed E-state index contributed by atoms with van der Waals surface area (Å²) in [5.74, 6) is -1.55. The maximum atomic E-state index is 14.7. The van der Waals surface area contributed by atoms with Crippen molar-refractivity contribution in [2.75, 3.05) is 32.1 Å². The monoisotopic (exact) mass is 523 g/mol. The van der Waals surface area contributed by atoms with Crippen molar-refractivity contribution in [2.24, 2.45) is 0 Å². The number of aromatic nitrogens is 3. The predicted molar refractivity (Wildman–Crippen MR) is 124 cm³/mol. The average molecular weight is 523 g/mol. The Morgan fingerprint density at radius 2 is 1.97 bits per heavy atom. The molecule has 9 nitrogen and oxygen atoms in total. The van der Waals surface area contributed by atoms with Crippen LogP contribution in [0.4, 0.5) is 23.4 Å². The fourth-order valence-corrected chi connectivity index (χ4v) is 4.46. The van der Waals surface area contributed by atoms with Crippen LogP contribution in [-0.4, -0.2) is 62.8 Å². The third-order valence-corrected chi connectivity index (χ3v) is 6.52. The van der Waals surface area contributed by atoms with Gasteiger partial charge >= 0.3 is 6.18 Å². The fraction of sp³-hybridized carbons (Fsp3) is 0.417. The molecule has 3 heterocycles. The summed E-state index contributed by atoms with van der Waals surface area (Å²) in [5.41, 5.74) is -2.50. The second-order valence-electron chi connectivity index (χ2n) is 8.78. The molecule has 1 aromatic carbocycles. The molecule has 3 N–H and O–H groups in total. The number of alkyl halides is 3. The van der Waals surface area contributed by atoms with Crippen molar-refractivity contribution in [1.82, 2.24) is 19.9 Å². The number of aliphatic hydroxyl groups is 2. The van der Waals surface area contributed by atoms with Gasteiger partial charge in [-0.3, -0.25) is 4.79 Å². The lowest BCUT2D eigenvalue weighted by atomic mass is 9.84. The van der Waals surface area contributed by atoms with Crippen molar-refractivity contribution in [3.63, 3.8) is 0 Å². The highest BCUT2D eigenvalue weighted by molar-refractivity contribution is 5.87. The van der Waals surface area contributed by atoms with E-state index in [0.717, 1.165) is 6.07 Å². The second-order valence-corrected chi connectivity index (χ2v) is 8.78. The number of halogens is 4. The molecule has 1 amide bonds. The van der Waals surface area contributed by atoms with Crippen LogP contribution in [0.1, 0.15) is 42.5 Å². The third-order valence-electron chi connectivity index (χ3n) is 6.52. The Labute approximate surface area is 209 Å². The molecule has 0 saturated carbocycles. The Hall–Kier alpha value is -3.58. The van der Waals surface area contributed by atoms with E-state index in [0.29, 0.717) is 17.0 Å². The van der Waals surface area contributed by atoms with Gasteiger partial charge in [-0.25, -0.2) is 14.4 Å². The highest BCUT2D eigenvalue weighted by Crippen LogP contribution is 2.40. The first-order valence-corrected chi connectivity index (χ1v) is 11.4. The summed E-state index contributed by atoms with van der Waals surface area (Å²) < 4.78 is 59.7. The molecule has 4 rings (SSSR count). The van der Waals surface area contributed by atoms with Crippen molar-refractivity contribution < 1.29 is 37.3 Å². The highest BCUT2D eigenvalue weighted by Gasteiger charge is 2.39. The number of ether oxygens (including phenoxy) is 1. The number of carbonyl (C=O) groups excluding carboxylic acids is 1. The maximum absolute atomic E-state index is 14.7. The van der Waals surface area contributed by atoms with E-state index in [1.54, 1.807) is 6.07 Å². The molecule has 0 radical (unpaired) electrons. The number of methoxy groups -OCH3 is 1. The Morgan fingerprint density at radius 1 is 1.27 bits per heavy atom. The first kappa shape index (κ1) is 26.5. The van der Waals surface area contributed by atoms with Gasteiger partial charge in [-0.15, -0.1) is 0 Å². The smallest absolute Gasteiger partial charge is 0.419 e. The number of amides is 1. The zero-order valence-corrected chi connectivity index (χ0v) is 20.0. The number of carbonyl (C=O) groups is 1. The summed E-state index contributed by atoms with van der Waals surface area (Å²) >= 11 is 0. The van der Waals surface area contributed by atoms with Crippen LogP contribution >= 0.6 is 0 Å². The number of hydrogen-bond acceptors (Lipinski definition) is 8. The summed E-state index contributed by atoms with van der Waals surface area (Å²) in [6, 6.07) is 3.71. The summed E-state index contributed by atoms with van der Waals surface area (Å²) in [5, 5.41) is 23.8. The maximum Gasteiger partial charge on any atom is 0.419 e. The van der Waals surface area contributed by atoms with Gasteiger partial charge in [0.05, 0.1) is 29.7 Å². The minimum Gasteiger partial charge on any atom is -0.481 e. The number of likely N-dealkylation sites (tertiary alicyclic amines) is 1. The lowest BCUT2D eigenvalue weighted by Gasteiger charge is -2.38. The number of anilines is 1. The molecule has 1 saturated heterocycles. The second kappa shape index (κ2) is 10.1. The number of nitrogens with one attached hydrogen (secondary N) is 1. The van der Waals surface area contributed by atoms with Crippen LogP contribution < -0.4 is 10.1 Å². The number of aliphatic hydroxyl groups excluding tert-OH is 1. The molecule has 1 fully saturated rings. The lowest BCUT2D eigenvalue weighted by molar-refractivity contribution is -0.140. The standard InChI is InChI=1S/C24H25F4N5O4/c1-13(14-4-3-5-16(19(14)25)24(26,27)28)31-20-15-10-17(22(37-2)32-21(15)30-12-29-20)23(36)6-8-33(9-7-23)18(35)11-34/h3-5,10,12-13,34,36H,6-9,11H2,1-2H3,(H,29,30,31,32)/t13-/m1/s1. The van der Waals surface area contributed by atoms with Crippen molar-refractivity contribution in [1.29, 1.82) is 0 Å². The number of nitrogens with zero attached hydrogens (tertiary/aromatic N) is 4. The van der Waals surface area contributed by atoms with Gasteiger partial charge in [0, 0.05) is 24.2 Å². The minimum atomic E-state index is -4.84. The van der Waals surface area contributed by atoms with Crippen LogP contribution in [-0.2, 0) is 16.6 Å². The van der Waals surface area contributed by atoms with Crippen molar-refractivity contribution in [3.05, 3.63) is 53.1 Å². The molecular weight excluding hydrogens is 498 g/mol. The predicted octanol–water partition coefficient (Wildman–Crippen LogP) is 3.17.